The number of amidine groups is 1. The van der Waals surface area contributed by atoms with Crippen LogP contribution in [0.15, 0.2) is 64.5 Å². The van der Waals surface area contributed by atoms with E-state index in [0.29, 0.717) is 18.5 Å². The van der Waals surface area contributed by atoms with Gasteiger partial charge < -0.3 is 5.32 Å². The number of carbonyl (C=O) groups is 1. The quantitative estimate of drug-likeness (QED) is 0.801. The molecule has 0 aliphatic carbocycles. The molecule has 1 atom stereocenters. The number of nitrogens with zero attached hydrogens (tertiary/aromatic N) is 1. The van der Waals surface area contributed by atoms with Crippen molar-refractivity contribution in [3.8, 4) is 0 Å². The third-order valence-corrected chi connectivity index (χ3v) is 5.65. The maximum absolute atomic E-state index is 12.7. The van der Waals surface area contributed by atoms with E-state index >= 15 is 0 Å². The Hall–Kier alpha value is -2.67. The van der Waals surface area contributed by atoms with E-state index in [1.807, 2.05) is 44.2 Å². The number of fused-ring (bicyclic) bond motifs is 1. The molecule has 27 heavy (non-hydrogen) atoms. The van der Waals surface area contributed by atoms with Crippen molar-refractivity contribution in [2.45, 2.75) is 37.8 Å². The zero-order valence-corrected chi connectivity index (χ0v) is 16.2. The van der Waals surface area contributed by atoms with Crippen LogP contribution in [0, 0.1) is 5.92 Å². The molecule has 0 fully saturated rings. The van der Waals surface area contributed by atoms with Crippen molar-refractivity contribution in [1.82, 2.24) is 10.0 Å². The molecule has 0 saturated heterocycles. The summed E-state index contributed by atoms with van der Waals surface area (Å²) in [7, 11) is -3.62. The van der Waals surface area contributed by atoms with Crippen molar-refractivity contribution < 1.29 is 13.2 Å². The zero-order chi connectivity index (χ0) is 19.4. The second-order valence-electron chi connectivity index (χ2n) is 6.93. The van der Waals surface area contributed by atoms with Crippen LogP contribution in [-0.4, -0.2) is 26.2 Å². The van der Waals surface area contributed by atoms with E-state index in [4.69, 9.17) is 0 Å². The van der Waals surface area contributed by atoms with E-state index in [0.717, 1.165) is 5.56 Å². The number of aliphatic imine (C=N–C) groups is 1. The van der Waals surface area contributed by atoms with Crippen molar-refractivity contribution in [3.63, 3.8) is 0 Å². The molecule has 7 heteroatoms. The lowest BCUT2D eigenvalue weighted by atomic mass is 10.0. The van der Waals surface area contributed by atoms with E-state index in [2.05, 4.69) is 15.0 Å². The van der Waals surface area contributed by atoms with Gasteiger partial charge >= 0.3 is 0 Å². The normalized spacial score (nSPS) is 17.4. The lowest BCUT2D eigenvalue weighted by Gasteiger charge is -2.16. The van der Waals surface area contributed by atoms with Crippen molar-refractivity contribution in [2.24, 2.45) is 10.9 Å². The highest BCUT2D eigenvalue weighted by Crippen LogP contribution is 2.23. The zero-order valence-electron chi connectivity index (χ0n) is 15.3. The van der Waals surface area contributed by atoms with Crippen LogP contribution in [0.25, 0.3) is 0 Å². The minimum atomic E-state index is -3.62. The maximum Gasteiger partial charge on any atom is 0.263 e. The summed E-state index contributed by atoms with van der Waals surface area (Å²) in [6.45, 7) is 4.41. The van der Waals surface area contributed by atoms with Crippen LogP contribution in [-0.2, 0) is 21.4 Å². The Morgan fingerprint density at radius 3 is 2.44 bits per heavy atom. The molecule has 2 aromatic carbocycles. The summed E-state index contributed by atoms with van der Waals surface area (Å²) in [5, 5.41) is 2.90. The lowest BCUT2D eigenvalue weighted by molar-refractivity contribution is -0.122. The highest BCUT2D eigenvalue weighted by atomic mass is 32.2. The van der Waals surface area contributed by atoms with Crippen LogP contribution in [0.3, 0.4) is 0 Å². The van der Waals surface area contributed by atoms with Crippen molar-refractivity contribution in [2.75, 3.05) is 0 Å². The van der Waals surface area contributed by atoms with Gasteiger partial charge in [-0.25, -0.2) is 8.42 Å². The monoisotopic (exact) mass is 385 g/mol. The first kappa shape index (κ1) is 19.1. The number of carbonyl (C=O) groups excluding carboxylic acids is 1. The Labute approximate surface area is 159 Å². The Balaban J connectivity index is 1.83. The molecule has 142 valence electrons. The number of amides is 1. The highest BCUT2D eigenvalue weighted by molar-refractivity contribution is 7.90. The van der Waals surface area contributed by atoms with Crippen molar-refractivity contribution in [3.05, 3.63) is 65.7 Å². The van der Waals surface area contributed by atoms with Crippen LogP contribution >= 0.6 is 0 Å². The molecule has 2 N–H and O–H groups in total. The van der Waals surface area contributed by atoms with E-state index in [1.165, 1.54) is 6.07 Å². The Morgan fingerprint density at radius 1 is 1.07 bits per heavy atom. The molecule has 0 saturated carbocycles. The van der Waals surface area contributed by atoms with E-state index < -0.39 is 16.1 Å². The first-order valence-corrected chi connectivity index (χ1v) is 10.4. The molecule has 1 heterocycles. The average molecular weight is 385 g/mol. The standard InChI is InChI=1S/C20H23N3O3S/c1-14(2)12-17(20(24)21-13-15-8-4-3-5-9-15)22-19-16-10-6-7-11-18(16)27(25,26)23-19/h3-11,14,17H,12-13H2,1-2H3,(H,21,24)(H,22,23). The fourth-order valence-corrected chi connectivity index (χ4v) is 4.19. The van der Waals surface area contributed by atoms with Gasteiger partial charge in [0.1, 0.15) is 11.9 Å². The minimum absolute atomic E-state index is 0.191. The second-order valence-corrected chi connectivity index (χ2v) is 8.58. The van der Waals surface area contributed by atoms with E-state index in [-0.39, 0.29) is 22.6 Å². The van der Waals surface area contributed by atoms with Crippen LogP contribution < -0.4 is 10.0 Å². The molecule has 1 aliphatic heterocycles. The number of rotatable bonds is 6. The third-order valence-electron chi connectivity index (χ3n) is 4.25. The van der Waals surface area contributed by atoms with Crippen molar-refractivity contribution >= 4 is 21.8 Å². The molecular weight excluding hydrogens is 362 g/mol. The van der Waals surface area contributed by atoms with Crippen LogP contribution in [0.5, 0.6) is 0 Å². The summed E-state index contributed by atoms with van der Waals surface area (Å²) in [5.74, 6) is 0.241. The predicted octanol–water partition coefficient (Wildman–Crippen LogP) is 2.46. The number of hydrogen-bond donors (Lipinski definition) is 2. The first-order valence-electron chi connectivity index (χ1n) is 8.88. The van der Waals surface area contributed by atoms with Gasteiger partial charge in [-0.2, -0.15) is 0 Å². The SMILES string of the molecule is CC(C)CC(N=C1NS(=O)(=O)c2ccccc21)C(=O)NCc1ccccc1. The summed E-state index contributed by atoms with van der Waals surface area (Å²) in [5.41, 5.74) is 1.50. The van der Waals surface area contributed by atoms with Gasteiger partial charge in [0.15, 0.2) is 0 Å². The third kappa shape index (κ3) is 4.54. The summed E-state index contributed by atoms with van der Waals surface area (Å²) >= 11 is 0. The minimum Gasteiger partial charge on any atom is -0.350 e. The molecule has 0 spiro atoms. The fraction of sp³-hybridized carbons (Fsp3) is 0.300. The van der Waals surface area contributed by atoms with Gasteiger partial charge in [0.25, 0.3) is 10.0 Å². The van der Waals surface area contributed by atoms with E-state index in [1.54, 1.807) is 18.2 Å². The largest absolute Gasteiger partial charge is 0.350 e. The summed E-state index contributed by atoms with van der Waals surface area (Å²) < 4.78 is 27.0. The Bertz CT molecular complexity index is 953. The average Bonchev–Trinajstić information content (AvgIpc) is 2.90. The first-order chi connectivity index (χ1) is 12.9. The van der Waals surface area contributed by atoms with Gasteiger partial charge in [0.2, 0.25) is 5.91 Å². The molecule has 0 aromatic heterocycles. The highest BCUT2D eigenvalue weighted by Gasteiger charge is 2.32. The Kier molecular flexibility index (Phi) is 5.60. The number of sulfonamides is 1. The smallest absolute Gasteiger partial charge is 0.263 e. The molecule has 6 nitrogen and oxygen atoms in total. The van der Waals surface area contributed by atoms with Crippen LogP contribution in [0.4, 0.5) is 0 Å². The molecule has 0 bridgehead atoms. The number of hydrogen-bond acceptors (Lipinski definition) is 4. The van der Waals surface area contributed by atoms with E-state index in [9.17, 15) is 13.2 Å². The van der Waals surface area contributed by atoms with Gasteiger partial charge in [-0.1, -0.05) is 56.3 Å². The molecule has 2 aromatic rings. The topological polar surface area (TPSA) is 87.6 Å². The summed E-state index contributed by atoms with van der Waals surface area (Å²) in [6.07, 6.45) is 0.522. The summed E-state index contributed by atoms with van der Waals surface area (Å²) in [4.78, 5) is 17.4. The molecule has 3 rings (SSSR count). The van der Waals surface area contributed by atoms with Crippen LogP contribution in [0.1, 0.15) is 31.4 Å². The van der Waals surface area contributed by atoms with Gasteiger partial charge in [0.05, 0.1) is 4.90 Å². The van der Waals surface area contributed by atoms with Crippen LogP contribution in [0.2, 0.25) is 0 Å². The summed E-state index contributed by atoms with van der Waals surface area (Å²) in [6, 6.07) is 15.6. The van der Waals surface area contributed by atoms with Crippen molar-refractivity contribution in [1.29, 1.82) is 0 Å². The predicted molar refractivity (Wildman–Crippen MR) is 105 cm³/mol. The Morgan fingerprint density at radius 2 is 1.74 bits per heavy atom. The molecule has 1 unspecified atom stereocenters. The number of nitrogens with one attached hydrogen (secondary N) is 2. The lowest BCUT2D eigenvalue weighted by Crippen LogP contribution is -2.36. The number of benzene rings is 2. The van der Waals surface area contributed by atoms with Gasteiger partial charge in [-0.3, -0.25) is 14.5 Å². The van der Waals surface area contributed by atoms with Gasteiger partial charge in [-0.15, -0.1) is 0 Å². The second kappa shape index (κ2) is 7.92. The van der Waals surface area contributed by atoms with Gasteiger partial charge in [-0.05, 0) is 30.0 Å². The van der Waals surface area contributed by atoms with Gasteiger partial charge in [0, 0.05) is 12.1 Å². The fourth-order valence-electron chi connectivity index (χ4n) is 2.95. The molecule has 0 radical (unpaired) electrons. The molecule has 1 aliphatic rings. The maximum atomic E-state index is 12.7. The molecular formula is C20H23N3O3S. The molecule has 1 amide bonds.